The van der Waals surface area contributed by atoms with Crippen LogP contribution in [0.1, 0.15) is 18.4 Å². The van der Waals surface area contributed by atoms with Crippen LogP contribution in [0.4, 0.5) is 0 Å². The highest BCUT2D eigenvalue weighted by Gasteiger charge is 2.52. The van der Waals surface area contributed by atoms with E-state index in [-0.39, 0.29) is 5.41 Å². The summed E-state index contributed by atoms with van der Waals surface area (Å²) in [6.07, 6.45) is 7.41. The Labute approximate surface area is 153 Å². The number of likely N-dealkylation sites (tertiary alicyclic amines) is 1. The maximum Gasteiger partial charge on any atom is 0.161 e. The van der Waals surface area contributed by atoms with Crippen LogP contribution in [0.5, 0.6) is 11.5 Å². The molecular weight excluding hydrogens is 338 g/mol. The van der Waals surface area contributed by atoms with Gasteiger partial charge in [0.15, 0.2) is 11.5 Å². The molecule has 0 aromatic heterocycles. The summed E-state index contributed by atoms with van der Waals surface area (Å²) in [4.78, 5) is 2.56. The van der Waals surface area contributed by atoms with Crippen LogP contribution < -0.4 is 9.47 Å². The quantitative estimate of drug-likeness (QED) is 0.760. The largest absolute Gasteiger partial charge is 0.493 e. The lowest BCUT2D eigenvalue weighted by Crippen LogP contribution is -2.46. The van der Waals surface area contributed by atoms with Crippen LogP contribution in [0.25, 0.3) is 0 Å². The molecule has 1 aromatic carbocycles. The van der Waals surface area contributed by atoms with Gasteiger partial charge in [-0.1, -0.05) is 18.2 Å². The van der Waals surface area contributed by atoms with Crippen molar-refractivity contribution in [2.24, 2.45) is 0 Å². The fourth-order valence-corrected chi connectivity index (χ4v) is 7.54. The Bertz CT molecular complexity index is 657. The summed E-state index contributed by atoms with van der Waals surface area (Å²) in [5.74, 6) is 4.18. The van der Waals surface area contributed by atoms with E-state index in [1.807, 2.05) is 0 Å². The fraction of sp³-hybridized carbons (Fsp3) is 0.579. The summed E-state index contributed by atoms with van der Waals surface area (Å²) in [6.45, 7) is 1.15. The van der Waals surface area contributed by atoms with Crippen molar-refractivity contribution in [2.75, 3.05) is 39.3 Å². The van der Waals surface area contributed by atoms with Crippen molar-refractivity contribution in [1.82, 2.24) is 4.90 Å². The lowest BCUT2D eigenvalue weighted by molar-refractivity contribution is 0.247. The molecule has 1 spiro atoms. The second-order valence-corrected chi connectivity index (χ2v) is 10.0. The molecule has 24 heavy (non-hydrogen) atoms. The van der Waals surface area contributed by atoms with Crippen molar-refractivity contribution in [3.63, 3.8) is 0 Å². The van der Waals surface area contributed by atoms with Gasteiger partial charge < -0.3 is 14.4 Å². The number of rotatable bonds is 3. The Hall–Kier alpha value is -0.780. The molecule has 2 unspecified atom stereocenters. The number of benzene rings is 1. The van der Waals surface area contributed by atoms with Gasteiger partial charge in [0.2, 0.25) is 0 Å². The van der Waals surface area contributed by atoms with Crippen molar-refractivity contribution < 1.29 is 9.47 Å². The van der Waals surface area contributed by atoms with Gasteiger partial charge in [0.25, 0.3) is 0 Å². The number of hydrogen-bond acceptors (Lipinski definition) is 5. The second-order valence-electron chi connectivity index (χ2n) is 6.90. The van der Waals surface area contributed by atoms with E-state index in [2.05, 4.69) is 65.8 Å². The Kier molecular flexibility index (Phi) is 4.30. The van der Waals surface area contributed by atoms with E-state index >= 15 is 0 Å². The average molecular weight is 364 g/mol. The van der Waals surface area contributed by atoms with Crippen LogP contribution in [-0.4, -0.2) is 54.3 Å². The Balaban J connectivity index is 1.77. The Morgan fingerprint density at radius 1 is 1.08 bits per heavy atom. The zero-order valence-electron chi connectivity index (χ0n) is 14.6. The maximum absolute atomic E-state index is 5.56. The van der Waals surface area contributed by atoms with Crippen LogP contribution in [0.3, 0.4) is 0 Å². The fourth-order valence-electron chi connectivity index (χ4n) is 4.47. The summed E-state index contributed by atoms with van der Waals surface area (Å²) in [7, 11) is 5.69. The minimum atomic E-state index is 0.100. The predicted octanol–water partition coefficient (Wildman–Crippen LogP) is 3.78. The molecule has 1 aromatic rings. The molecule has 3 aliphatic rings. The molecule has 2 atom stereocenters. The molecular formula is C19H25NO2S2. The number of ether oxygens (including phenoxy) is 2. The third-order valence-electron chi connectivity index (χ3n) is 5.81. The highest BCUT2D eigenvalue weighted by molar-refractivity contribution is 8.21. The molecule has 2 saturated heterocycles. The minimum Gasteiger partial charge on any atom is -0.493 e. The summed E-state index contributed by atoms with van der Waals surface area (Å²) in [5.41, 5.74) is 1.46. The smallest absolute Gasteiger partial charge is 0.161 e. The van der Waals surface area contributed by atoms with Crippen LogP contribution in [-0.2, 0) is 5.41 Å². The van der Waals surface area contributed by atoms with Gasteiger partial charge in [-0.15, -0.1) is 23.5 Å². The SMILES string of the molecule is COc1ccc(C23C=CC4(CC2N(C)CC3)SCCS4)cc1OC. The predicted molar refractivity (Wildman–Crippen MR) is 104 cm³/mol. The zero-order valence-corrected chi connectivity index (χ0v) is 16.2. The van der Waals surface area contributed by atoms with Crippen molar-refractivity contribution in [3.05, 3.63) is 35.9 Å². The van der Waals surface area contributed by atoms with Gasteiger partial charge in [-0.25, -0.2) is 0 Å². The molecule has 0 bridgehead atoms. The molecule has 0 saturated carbocycles. The van der Waals surface area contributed by atoms with E-state index in [9.17, 15) is 0 Å². The third kappa shape index (κ3) is 2.47. The molecule has 0 radical (unpaired) electrons. The van der Waals surface area contributed by atoms with Gasteiger partial charge in [0, 0.05) is 23.0 Å². The summed E-state index contributed by atoms with van der Waals surface area (Å²) < 4.78 is 11.3. The molecule has 0 amide bonds. The summed E-state index contributed by atoms with van der Waals surface area (Å²) in [6, 6.07) is 7.02. The Morgan fingerprint density at radius 3 is 2.54 bits per heavy atom. The van der Waals surface area contributed by atoms with Crippen LogP contribution in [0.15, 0.2) is 30.4 Å². The van der Waals surface area contributed by atoms with Gasteiger partial charge >= 0.3 is 0 Å². The van der Waals surface area contributed by atoms with Gasteiger partial charge in [-0.3, -0.25) is 0 Å². The van der Waals surface area contributed by atoms with Gasteiger partial charge in [-0.05, 0) is 44.1 Å². The average Bonchev–Trinajstić information content (AvgIpc) is 3.21. The lowest BCUT2D eigenvalue weighted by Gasteiger charge is -2.44. The first kappa shape index (κ1) is 16.7. The number of thioether (sulfide) groups is 2. The van der Waals surface area contributed by atoms with Crippen molar-refractivity contribution in [2.45, 2.75) is 28.4 Å². The number of likely N-dealkylation sites (N-methyl/N-ethyl adjacent to an activating group) is 1. The van der Waals surface area contributed by atoms with Crippen LogP contribution >= 0.6 is 23.5 Å². The van der Waals surface area contributed by atoms with Crippen molar-refractivity contribution in [1.29, 1.82) is 0 Å². The minimum absolute atomic E-state index is 0.100. The molecule has 3 nitrogen and oxygen atoms in total. The molecule has 2 aliphatic heterocycles. The molecule has 130 valence electrons. The third-order valence-corrected chi connectivity index (χ3v) is 9.18. The van der Waals surface area contributed by atoms with E-state index in [0.717, 1.165) is 18.0 Å². The van der Waals surface area contributed by atoms with Crippen molar-refractivity contribution in [3.8, 4) is 11.5 Å². The van der Waals surface area contributed by atoms with Crippen LogP contribution in [0, 0.1) is 0 Å². The summed E-state index contributed by atoms with van der Waals surface area (Å²) in [5, 5.41) is 0. The monoisotopic (exact) mass is 363 g/mol. The zero-order chi connectivity index (χ0) is 16.8. The first-order valence-electron chi connectivity index (χ1n) is 8.53. The van der Waals surface area contributed by atoms with E-state index in [1.165, 1.54) is 29.9 Å². The lowest BCUT2D eigenvalue weighted by atomic mass is 9.69. The van der Waals surface area contributed by atoms with Gasteiger partial charge in [0.05, 0.1) is 18.3 Å². The first-order chi connectivity index (χ1) is 11.6. The molecule has 1 aliphatic carbocycles. The molecule has 2 fully saturated rings. The van der Waals surface area contributed by atoms with E-state index in [4.69, 9.17) is 9.47 Å². The van der Waals surface area contributed by atoms with E-state index in [0.29, 0.717) is 10.1 Å². The first-order valence-corrected chi connectivity index (χ1v) is 10.5. The van der Waals surface area contributed by atoms with E-state index in [1.54, 1.807) is 14.2 Å². The number of hydrogen-bond donors (Lipinski definition) is 0. The van der Waals surface area contributed by atoms with Gasteiger partial charge in [-0.2, -0.15) is 0 Å². The number of nitrogens with zero attached hydrogens (tertiary/aromatic N) is 1. The van der Waals surface area contributed by atoms with Crippen molar-refractivity contribution >= 4 is 23.5 Å². The highest BCUT2D eigenvalue weighted by Crippen LogP contribution is 2.57. The van der Waals surface area contributed by atoms with E-state index < -0.39 is 0 Å². The normalized spacial score (nSPS) is 31.4. The molecule has 0 N–H and O–H groups in total. The molecule has 2 heterocycles. The molecule has 4 rings (SSSR count). The maximum atomic E-state index is 5.56. The Morgan fingerprint density at radius 2 is 1.83 bits per heavy atom. The van der Waals surface area contributed by atoms with Gasteiger partial charge in [0.1, 0.15) is 0 Å². The highest BCUT2D eigenvalue weighted by atomic mass is 32.2. The van der Waals surface area contributed by atoms with Crippen LogP contribution in [0.2, 0.25) is 0 Å². The summed E-state index contributed by atoms with van der Waals surface area (Å²) >= 11 is 4.26. The number of methoxy groups -OCH3 is 2. The molecule has 5 heteroatoms. The topological polar surface area (TPSA) is 21.7 Å². The number of fused-ring (bicyclic) bond motifs is 1. The second kappa shape index (κ2) is 6.19. The standard InChI is InChI=1S/C19H25NO2S2/c1-20-9-8-18(14-4-5-15(21-2)16(12-14)22-3)6-7-19(13-17(18)20)23-10-11-24-19/h4-7,12,17H,8-11,13H2,1-3H3.